The van der Waals surface area contributed by atoms with Crippen LogP contribution in [0.1, 0.15) is 31.2 Å². The van der Waals surface area contributed by atoms with Gasteiger partial charge in [0.1, 0.15) is 0 Å². The van der Waals surface area contributed by atoms with Gasteiger partial charge in [-0.25, -0.2) is 0 Å². The van der Waals surface area contributed by atoms with Crippen molar-refractivity contribution in [3.05, 3.63) is 28.8 Å². The normalized spacial score (nSPS) is 28.1. The molecule has 0 saturated heterocycles. The van der Waals surface area contributed by atoms with Gasteiger partial charge in [-0.3, -0.25) is 0 Å². The predicted octanol–water partition coefficient (Wildman–Crippen LogP) is 3.93. The van der Waals surface area contributed by atoms with E-state index in [1.54, 1.807) is 0 Å². The zero-order valence-electron chi connectivity index (χ0n) is 12.5. The van der Waals surface area contributed by atoms with Gasteiger partial charge in [0.2, 0.25) is 0 Å². The molecule has 20 heavy (non-hydrogen) atoms. The maximum atomic E-state index is 6.46. The number of anilines is 1. The van der Waals surface area contributed by atoms with Gasteiger partial charge in [0.15, 0.2) is 0 Å². The van der Waals surface area contributed by atoms with Crippen molar-refractivity contribution >= 4 is 17.3 Å². The first-order chi connectivity index (χ1) is 9.69. The van der Waals surface area contributed by atoms with Crippen LogP contribution in [0.4, 0.5) is 5.69 Å². The monoisotopic (exact) mass is 292 g/mol. The molecule has 0 aliphatic heterocycles. The van der Waals surface area contributed by atoms with Crippen LogP contribution in [0.2, 0.25) is 5.02 Å². The number of para-hydroxylation sites is 1. The molecule has 0 spiro atoms. The van der Waals surface area contributed by atoms with Crippen LogP contribution in [0.25, 0.3) is 0 Å². The second kappa shape index (κ2) is 5.95. The van der Waals surface area contributed by atoms with E-state index >= 15 is 0 Å². The molecule has 3 unspecified atom stereocenters. The van der Waals surface area contributed by atoms with Gasteiger partial charge in [-0.2, -0.15) is 0 Å². The number of nitrogens with zero attached hydrogens (tertiary/aromatic N) is 1. The lowest BCUT2D eigenvalue weighted by atomic mass is 9.88. The number of benzene rings is 1. The fraction of sp³-hybridized carbons (Fsp3) is 0.647. The minimum Gasteiger partial charge on any atom is -0.373 e. The van der Waals surface area contributed by atoms with Crippen LogP contribution >= 0.6 is 11.6 Å². The summed E-state index contributed by atoms with van der Waals surface area (Å²) < 4.78 is 0. The zero-order valence-corrected chi connectivity index (χ0v) is 13.3. The molecule has 2 fully saturated rings. The number of fused-ring (bicyclic) bond motifs is 2. The van der Waals surface area contributed by atoms with Crippen LogP contribution in [0.3, 0.4) is 0 Å². The number of hydrogen-bond donors (Lipinski definition) is 1. The van der Waals surface area contributed by atoms with Crippen molar-refractivity contribution < 1.29 is 0 Å². The molecule has 2 bridgehead atoms. The predicted molar refractivity (Wildman–Crippen MR) is 86.4 cm³/mol. The summed E-state index contributed by atoms with van der Waals surface area (Å²) in [6, 6.07) is 6.23. The average molecular weight is 293 g/mol. The molecule has 110 valence electrons. The highest BCUT2D eigenvalue weighted by Crippen LogP contribution is 2.48. The van der Waals surface area contributed by atoms with Gasteiger partial charge in [0.25, 0.3) is 0 Å². The third-order valence-electron chi connectivity index (χ3n) is 5.21. The van der Waals surface area contributed by atoms with E-state index in [4.69, 9.17) is 11.6 Å². The van der Waals surface area contributed by atoms with E-state index in [1.165, 1.54) is 36.9 Å². The van der Waals surface area contributed by atoms with E-state index in [0.717, 1.165) is 35.9 Å². The van der Waals surface area contributed by atoms with Crippen LogP contribution in [-0.4, -0.2) is 20.6 Å². The molecule has 2 aliphatic rings. The van der Waals surface area contributed by atoms with E-state index in [1.807, 2.05) is 19.2 Å². The standard InChI is InChI=1S/C17H25ClN2/c1-19-10-14-4-3-5-16(18)17(14)20(2)11-15-9-12-6-7-13(15)8-12/h3-5,12-13,15,19H,6-11H2,1-2H3. The first kappa shape index (κ1) is 14.2. The first-order valence-electron chi connectivity index (χ1n) is 7.82. The molecule has 2 aliphatic carbocycles. The van der Waals surface area contributed by atoms with E-state index < -0.39 is 0 Å². The molecule has 1 N–H and O–H groups in total. The molecule has 0 aromatic heterocycles. The number of rotatable bonds is 5. The second-order valence-electron chi connectivity index (χ2n) is 6.59. The van der Waals surface area contributed by atoms with Gasteiger partial charge in [-0.15, -0.1) is 0 Å². The van der Waals surface area contributed by atoms with Gasteiger partial charge in [0, 0.05) is 20.1 Å². The van der Waals surface area contributed by atoms with Crippen LogP contribution < -0.4 is 10.2 Å². The molecular formula is C17H25ClN2. The van der Waals surface area contributed by atoms with Crippen LogP contribution in [0.15, 0.2) is 18.2 Å². The Labute approximate surface area is 127 Å². The van der Waals surface area contributed by atoms with Gasteiger partial charge in [-0.1, -0.05) is 30.2 Å². The third kappa shape index (κ3) is 2.68. The van der Waals surface area contributed by atoms with E-state index in [9.17, 15) is 0 Å². The maximum absolute atomic E-state index is 6.46. The molecule has 0 amide bonds. The average Bonchev–Trinajstić information content (AvgIpc) is 3.01. The fourth-order valence-corrected chi connectivity index (χ4v) is 4.70. The molecule has 3 heteroatoms. The minimum atomic E-state index is 0.872. The molecule has 3 rings (SSSR count). The number of nitrogens with one attached hydrogen (secondary N) is 1. The summed E-state index contributed by atoms with van der Waals surface area (Å²) in [6.07, 6.45) is 5.84. The van der Waals surface area contributed by atoms with Crippen molar-refractivity contribution in [2.75, 3.05) is 25.5 Å². The van der Waals surface area contributed by atoms with Crippen molar-refractivity contribution in [3.8, 4) is 0 Å². The van der Waals surface area contributed by atoms with Crippen molar-refractivity contribution in [2.24, 2.45) is 17.8 Å². The quantitative estimate of drug-likeness (QED) is 0.884. The molecular weight excluding hydrogens is 268 g/mol. The molecule has 2 nitrogen and oxygen atoms in total. The van der Waals surface area contributed by atoms with E-state index in [2.05, 4.69) is 23.3 Å². The maximum Gasteiger partial charge on any atom is 0.0642 e. The molecule has 1 aromatic rings. The molecule has 3 atom stereocenters. The first-order valence-corrected chi connectivity index (χ1v) is 8.20. The summed E-state index contributed by atoms with van der Waals surface area (Å²) in [4.78, 5) is 2.39. The molecule has 2 saturated carbocycles. The fourth-order valence-electron chi connectivity index (χ4n) is 4.36. The van der Waals surface area contributed by atoms with Crippen LogP contribution in [0.5, 0.6) is 0 Å². The summed E-state index contributed by atoms with van der Waals surface area (Å²) in [5, 5.41) is 4.12. The van der Waals surface area contributed by atoms with E-state index in [-0.39, 0.29) is 0 Å². The van der Waals surface area contributed by atoms with Gasteiger partial charge < -0.3 is 10.2 Å². The molecule has 1 aromatic carbocycles. The highest BCUT2D eigenvalue weighted by atomic mass is 35.5. The summed E-state index contributed by atoms with van der Waals surface area (Å²) >= 11 is 6.46. The Kier molecular flexibility index (Phi) is 4.23. The highest BCUT2D eigenvalue weighted by Gasteiger charge is 2.39. The summed E-state index contributed by atoms with van der Waals surface area (Å²) in [6.45, 7) is 2.03. The Morgan fingerprint density at radius 1 is 1.30 bits per heavy atom. The lowest BCUT2D eigenvalue weighted by Gasteiger charge is -2.30. The lowest BCUT2D eigenvalue weighted by molar-refractivity contribution is 0.337. The summed E-state index contributed by atoms with van der Waals surface area (Å²) in [5.41, 5.74) is 2.51. The van der Waals surface area contributed by atoms with Gasteiger partial charge in [0.05, 0.1) is 10.7 Å². The summed E-state index contributed by atoms with van der Waals surface area (Å²) in [7, 11) is 4.19. The Morgan fingerprint density at radius 2 is 2.15 bits per heavy atom. The molecule has 0 radical (unpaired) electrons. The Morgan fingerprint density at radius 3 is 2.80 bits per heavy atom. The highest BCUT2D eigenvalue weighted by molar-refractivity contribution is 6.33. The Hall–Kier alpha value is -0.730. The van der Waals surface area contributed by atoms with Gasteiger partial charge >= 0.3 is 0 Å². The van der Waals surface area contributed by atoms with Crippen molar-refractivity contribution in [3.63, 3.8) is 0 Å². The Bertz CT molecular complexity index is 474. The lowest BCUT2D eigenvalue weighted by Crippen LogP contribution is -2.29. The van der Waals surface area contributed by atoms with Crippen LogP contribution in [-0.2, 0) is 6.54 Å². The Balaban J connectivity index is 1.75. The smallest absolute Gasteiger partial charge is 0.0642 e. The van der Waals surface area contributed by atoms with Crippen molar-refractivity contribution in [1.29, 1.82) is 0 Å². The number of halogens is 1. The largest absolute Gasteiger partial charge is 0.373 e. The topological polar surface area (TPSA) is 15.3 Å². The van der Waals surface area contributed by atoms with Crippen molar-refractivity contribution in [1.82, 2.24) is 5.32 Å². The zero-order chi connectivity index (χ0) is 14.1. The van der Waals surface area contributed by atoms with Gasteiger partial charge in [-0.05, 0) is 55.7 Å². The second-order valence-corrected chi connectivity index (χ2v) is 7.00. The van der Waals surface area contributed by atoms with Crippen LogP contribution in [0, 0.1) is 17.8 Å². The third-order valence-corrected chi connectivity index (χ3v) is 5.52. The summed E-state index contributed by atoms with van der Waals surface area (Å²) in [5.74, 6) is 2.86. The minimum absolute atomic E-state index is 0.872. The van der Waals surface area contributed by atoms with Crippen molar-refractivity contribution in [2.45, 2.75) is 32.2 Å². The number of hydrogen-bond acceptors (Lipinski definition) is 2. The molecule has 0 heterocycles. The van der Waals surface area contributed by atoms with E-state index in [0.29, 0.717) is 0 Å². The SMILES string of the molecule is CNCc1cccc(Cl)c1N(C)CC1CC2CCC1C2.